The second kappa shape index (κ2) is 6.49. The molecule has 4 heteroatoms. The van der Waals surface area contributed by atoms with Gasteiger partial charge in [-0.3, -0.25) is 4.79 Å². The van der Waals surface area contributed by atoms with Crippen molar-refractivity contribution >= 4 is 5.91 Å². The van der Waals surface area contributed by atoms with E-state index in [0.717, 1.165) is 37.4 Å². The van der Waals surface area contributed by atoms with Crippen LogP contribution in [-0.4, -0.2) is 49.7 Å². The van der Waals surface area contributed by atoms with Crippen molar-refractivity contribution < 1.29 is 9.53 Å². The largest absolute Gasteiger partial charge is 0.378 e. The molecule has 21 heavy (non-hydrogen) atoms. The van der Waals surface area contributed by atoms with Crippen molar-refractivity contribution in [3.05, 3.63) is 12.2 Å². The highest BCUT2D eigenvalue weighted by Gasteiger charge is 2.36. The zero-order chi connectivity index (χ0) is 14.8. The predicted molar refractivity (Wildman–Crippen MR) is 82.9 cm³/mol. The minimum Gasteiger partial charge on any atom is -0.378 e. The van der Waals surface area contributed by atoms with Gasteiger partial charge < -0.3 is 15.0 Å². The van der Waals surface area contributed by atoms with Gasteiger partial charge in [-0.2, -0.15) is 0 Å². The molecule has 1 amide bonds. The Hall–Kier alpha value is -0.870. The number of nitrogens with zero attached hydrogens (tertiary/aromatic N) is 1. The molecule has 1 saturated heterocycles. The maximum atomic E-state index is 12.7. The molecule has 118 valence electrons. The van der Waals surface area contributed by atoms with Crippen molar-refractivity contribution in [2.24, 2.45) is 23.7 Å². The van der Waals surface area contributed by atoms with Gasteiger partial charge in [-0.1, -0.05) is 26.0 Å². The summed E-state index contributed by atoms with van der Waals surface area (Å²) in [6.07, 6.45) is 7.38. The fourth-order valence-electron chi connectivity index (χ4n) is 4.00. The lowest BCUT2D eigenvalue weighted by Crippen LogP contribution is -2.53. The SMILES string of the molecule is CC(C)[C@H](NC[C@@H]1C[C@H]2C=C[C@H]1C2)C(=O)N1CCOCC1. The van der Waals surface area contributed by atoms with E-state index in [1.54, 1.807) is 0 Å². The molecule has 3 rings (SSSR count). The molecule has 2 bridgehead atoms. The van der Waals surface area contributed by atoms with Crippen LogP contribution < -0.4 is 5.32 Å². The first-order valence-electron chi connectivity index (χ1n) is 8.43. The van der Waals surface area contributed by atoms with Gasteiger partial charge in [0.15, 0.2) is 0 Å². The van der Waals surface area contributed by atoms with Crippen molar-refractivity contribution in [3.63, 3.8) is 0 Å². The predicted octanol–water partition coefficient (Wildman–Crippen LogP) is 1.67. The summed E-state index contributed by atoms with van der Waals surface area (Å²) in [4.78, 5) is 14.7. The maximum Gasteiger partial charge on any atom is 0.240 e. The van der Waals surface area contributed by atoms with Crippen molar-refractivity contribution in [1.82, 2.24) is 10.2 Å². The second-order valence-electron chi connectivity index (χ2n) is 7.11. The van der Waals surface area contributed by atoms with Gasteiger partial charge >= 0.3 is 0 Å². The molecule has 0 aromatic rings. The third kappa shape index (κ3) is 3.32. The van der Waals surface area contributed by atoms with Crippen LogP contribution in [0.25, 0.3) is 0 Å². The summed E-state index contributed by atoms with van der Waals surface area (Å²) in [5.74, 6) is 2.85. The van der Waals surface area contributed by atoms with Crippen LogP contribution in [0, 0.1) is 23.7 Å². The number of ether oxygens (including phenoxy) is 1. The van der Waals surface area contributed by atoms with Gasteiger partial charge in [0.05, 0.1) is 19.3 Å². The molecule has 0 spiro atoms. The number of fused-ring (bicyclic) bond motifs is 2. The first kappa shape index (κ1) is 15.0. The third-order valence-corrected chi connectivity index (χ3v) is 5.27. The summed E-state index contributed by atoms with van der Waals surface area (Å²) in [6, 6.07) is -0.0498. The van der Waals surface area contributed by atoms with Gasteiger partial charge in [-0.15, -0.1) is 0 Å². The zero-order valence-electron chi connectivity index (χ0n) is 13.3. The van der Waals surface area contributed by atoms with Gasteiger partial charge in [-0.25, -0.2) is 0 Å². The number of amides is 1. The van der Waals surface area contributed by atoms with Crippen molar-refractivity contribution in [2.45, 2.75) is 32.7 Å². The molecule has 1 N–H and O–H groups in total. The van der Waals surface area contributed by atoms with E-state index in [9.17, 15) is 4.79 Å². The van der Waals surface area contributed by atoms with Gasteiger partial charge in [0.25, 0.3) is 0 Å². The summed E-state index contributed by atoms with van der Waals surface area (Å²) in [5, 5.41) is 3.58. The first-order chi connectivity index (χ1) is 10.1. The molecular weight excluding hydrogens is 264 g/mol. The minimum atomic E-state index is -0.0498. The number of carbonyl (C=O) groups excluding carboxylic acids is 1. The minimum absolute atomic E-state index is 0.0498. The molecular formula is C17H28N2O2. The Morgan fingerprint density at radius 1 is 1.29 bits per heavy atom. The fourth-order valence-corrected chi connectivity index (χ4v) is 4.00. The molecule has 0 radical (unpaired) electrons. The van der Waals surface area contributed by atoms with Crippen LogP contribution in [0.15, 0.2) is 12.2 Å². The molecule has 0 aromatic carbocycles. The molecule has 2 aliphatic carbocycles. The Bertz CT molecular complexity index is 402. The van der Waals surface area contributed by atoms with Crippen LogP contribution in [0.2, 0.25) is 0 Å². The number of carbonyl (C=O) groups is 1. The molecule has 1 aliphatic heterocycles. The van der Waals surface area contributed by atoms with E-state index in [1.165, 1.54) is 12.8 Å². The highest BCUT2D eigenvalue weighted by molar-refractivity contribution is 5.82. The van der Waals surface area contributed by atoms with E-state index in [-0.39, 0.29) is 11.9 Å². The van der Waals surface area contributed by atoms with Gasteiger partial charge in [0.2, 0.25) is 5.91 Å². The van der Waals surface area contributed by atoms with Crippen LogP contribution in [0.1, 0.15) is 26.7 Å². The quantitative estimate of drug-likeness (QED) is 0.784. The van der Waals surface area contributed by atoms with Crippen LogP contribution in [0.5, 0.6) is 0 Å². The van der Waals surface area contributed by atoms with E-state index in [4.69, 9.17) is 4.74 Å². The highest BCUT2D eigenvalue weighted by Crippen LogP contribution is 2.43. The van der Waals surface area contributed by atoms with E-state index in [1.807, 2.05) is 4.90 Å². The first-order valence-corrected chi connectivity index (χ1v) is 8.43. The van der Waals surface area contributed by atoms with E-state index in [0.29, 0.717) is 19.1 Å². The molecule has 4 nitrogen and oxygen atoms in total. The molecule has 4 atom stereocenters. The topological polar surface area (TPSA) is 41.6 Å². The summed E-state index contributed by atoms with van der Waals surface area (Å²) >= 11 is 0. The lowest BCUT2D eigenvalue weighted by atomic mass is 9.92. The number of morpholine rings is 1. The summed E-state index contributed by atoms with van der Waals surface area (Å²) in [6.45, 7) is 8.07. The number of nitrogens with one attached hydrogen (secondary N) is 1. The Kier molecular flexibility index (Phi) is 4.65. The number of hydrogen-bond donors (Lipinski definition) is 1. The lowest BCUT2D eigenvalue weighted by molar-refractivity contribution is -0.138. The molecule has 0 aromatic heterocycles. The standard InChI is InChI=1S/C17H28N2O2/c1-12(2)16(17(20)19-5-7-21-8-6-19)18-11-15-10-13-3-4-14(15)9-13/h3-4,12-16,18H,5-11H2,1-2H3/t13-,14-,15-,16-/m0/s1. The lowest BCUT2D eigenvalue weighted by Gasteiger charge is -2.33. The Balaban J connectivity index is 1.54. The van der Waals surface area contributed by atoms with Crippen LogP contribution in [0.3, 0.4) is 0 Å². The van der Waals surface area contributed by atoms with E-state index < -0.39 is 0 Å². The summed E-state index contributed by atoms with van der Waals surface area (Å²) in [7, 11) is 0. The van der Waals surface area contributed by atoms with Crippen molar-refractivity contribution in [2.75, 3.05) is 32.8 Å². The molecule has 1 saturated carbocycles. The molecule has 0 unspecified atom stereocenters. The number of rotatable bonds is 5. The molecule has 2 fully saturated rings. The monoisotopic (exact) mass is 292 g/mol. The number of hydrogen-bond acceptors (Lipinski definition) is 3. The van der Waals surface area contributed by atoms with E-state index in [2.05, 4.69) is 31.3 Å². The van der Waals surface area contributed by atoms with Crippen LogP contribution in [0.4, 0.5) is 0 Å². The second-order valence-corrected chi connectivity index (χ2v) is 7.11. The maximum absolute atomic E-state index is 12.7. The summed E-state index contributed by atoms with van der Waals surface area (Å²) < 4.78 is 5.34. The average molecular weight is 292 g/mol. The van der Waals surface area contributed by atoms with E-state index >= 15 is 0 Å². The van der Waals surface area contributed by atoms with Gasteiger partial charge in [-0.05, 0) is 43.1 Å². The van der Waals surface area contributed by atoms with Crippen LogP contribution in [-0.2, 0) is 9.53 Å². The zero-order valence-corrected chi connectivity index (χ0v) is 13.3. The van der Waals surface area contributed by atoms with Gasteiger partial charge in [0, 0.05) is 13.1 Å². The third-order valence-electron chi connectivity index (χ3n) is 5.27. The van der Waals surface area contributed by atoms with Gasteiger partial charge in [0.1, 0.15) is 0 Å². The molecule has 1 heterocycles. The average Bonchev–Trinajstić information content (AvgIpc) is 3.10. The highest BCUT2D eigenvalue weighted by atomic mass is 16.5. The fraction of sp³-hybridized carbons (Fsp3) is 0.824. The number of allylic oxidation sites excluding steroid dienone is 2. The van der Waals surface area contributed by atoms with Crippen molar-refractivity contribution in [3.8, 4) is 0 Å². The Morgan fingerprint density at radius 3 is 2.62 bits per heavy atom. The van der Waals surface area contributed by atoms with Crippen molar-refractivity contribution in [1.29, 1.82) is 0 Å². The smallest absolute Gasteiger partial charge is 0.240 e. The Morgan fingerprint density at radius 2 is 2.05 bits per heavy atom. The normalized spacial score (nSPS) is 32.9. The molecule has 3 aliphatic rings. The van der Waals surface area contributed by atoms with Crippen LogP contribution >= 0.6 is 0 Å². The Labute approximate surface area is 127 Å². The summed E-state index contributed by atoms with van der Waals surface area (Å²) in [5.41, 5.74) is 0.